The van der Waals surface area contributed by atoms with E-state index < -0.39 is 0 Å². The van der Waals surface area contributed by atoms with Crippen molar-refractivity contribution in [2.24, 2.45) is 0 Å². The molecule has 4 nitrogen and oxygen atoms in total. The van der Waals surface area contributed by atoms with Crippen molar-refractivity contribution in [2.45, 2.75) is 31.7 Å². The first-order valence-electron chi connectivity index (χ1n) is 6.59. The van der Waals surface area contributed by atoms with Gasteiger partial charge in [0.1, 0.15) is 5.82 Å². The predicted octanol–water partition coefficient (Wildman–Crippen LogP) is 2.09. The molecule has 0 aliphatic heterocycles. The third kappa shape index (κ3) is 3.61. The van der Waals surface area contributed by atoms with Gasteiger partial charge in [-0.05, 0) is 30.5 Å². The molecule has 0 bridgehead atoms. The van der Waals surface area contributed by atoms with Gasteiger partial charge in [-0.15, -0.1) is 10.2 Å². The van der Waals surface area contributed by atoms with Gasteiger partial charge < -0.3 is 9.73 Å². The van der Waals surface area contributed by atoms with Gasteiger partial charge in [0.2, 0.25) is 11.8 Å². The lowest BCUT2D eigenvalue weighted by atomic mass is 10.1. The summed E-state index contributed by atoms with van der Waals surface area (Å²) in [7, 11) is 0. The number of aromatic nitrogens is 2. The van der Waals surface area contributed by atoms with Crippen molar-refractivity contribution in [3.05, 3.63) is 47.4 Å². The minimum atomic E-state index is -0.235. The maximum Gasteiger partial charge on any atom is 0.220 e. The largest absolute Gasteiger partial charge is 0.425 e. The number of rotatable bonds is 6. The van der Waals surface area contributed by atoms with Crippen molar-refractivity contribution in [2.75, 3.05) is 6.54 Å². The highest BCUT2D eigenvalue weighted by atomic mass is 19.1. The van der Waals surface area contributed by atoms with Crippen LogP contribution in [0.2, 0.25) is 0 Å². The fourth-order valence-electron chi connectivity index (χ4n) is 1.91. The highest BCUT2D eigenvalue weighted by Gasteiger charge is 2.20. The second-order valence-corrected chi connectivity index (χ2v) is 4.87. The lowest BCUT2D eigenvalue weighted by Gasteiger charge is -1.98. The third-order valence-corrected chi connectivity index (χ3v) is 3.13. The van der Waals surface area contributed by atoms with E-state index in [1.165, 1.54) is 25.0 Å². The zero-order valence-corrected chi connectivity index (χ0v) is 10.6. The van der Waals surface area contributed by atoms with Crippen molar-refractivity contribution in [1.29, 1.82) is 0 Å². The van der Waals surface area contributed by atoms with Gasteiger partial charge in [-0.25, -0.2) is 4.39 Å². The number of nitrogens with one attached hydrogen (secondary N) is 1. The van der Waals surface area contributed by atoms with Crippen molar-refractivity contribution < 1.29 is 8.81 Å². The first-order chi connectivity index (χ1) is 9.29. The molecule has 1 N–H and O–H groups in total. The van der Waals surface area contributed by atoms with E-state index in [1.54, 1.807) is 12.1 Å². The second-order valence-electron chi connectivity index (χ2n) is 4.87. The van der Waals surface area contributed by atoms with Crippen molar-refractivity contribution in [3.8, 4) is 0 Å². The van der Waals surface area contributed by atoms with Gasteiger partial charge in [-0.3, -0.25) is 0 Å². The highest BCUT2D eigenvalue weighted by molar-refractivity contribution is 5.18. The van der Waals surface area contributed by atoms with Gasteiger partial charge in [-0.2, -0.15) is 0 Å². The summed E-state index contributed by atoms with van der Waals surface area (Å²) in [5.41, 5.74) is 0.965. The van der Waals surface area contributed by atoms with E-state index in [0.717, 1.165) is 18.5 Å². The van der Waals surface area contributed by atoms with Crippen LogP contribution < -0.4 is 5.32 Å². The second kappa shape index (κ2) is 5.48. The van der Waals surface area contributed by atoms with E-state index in [1.807, 2.05) is 0 Å². The molecule has 19 heavy (non-hydrogen) atoms. The van der Waals surface area contributed by atoms with Crippen LogP contribution in [-0.4, -0.2) is 22.8 Å². The Morgan fingerprint density at radius 3 is 2.63 bits per heavy atom. The normalized spacial score (nSPS) is 14.8. The molecule has 1 aromatic heterocycles. The Bertz CT molecular complexity index is 534. The number of hydrogen-bond acceptors (Lipinski definition) is 4. The molecule has 1 aliphatic carbocycles. The number of benzene rings is 1. The van der Waals surface area contributed by atoms with Gasteiger partial charge in [0.15, 0.2) is 0 Å². The Morgan fingerprint density at radius 2 is 1.89 bits per heavy atom. The van der Waals surface area contributed by atoms with Gasteiger partial charge in [0, 0.05) is 19.0 Å². The molecule has 3 rings (SSSR count). The Kier molecular flexibility index (Phi) is 3.55. The van der Waals surface area contributed by atoms with Crippen molar-refractivity contribution in [1.82, 2.24) is 15.5 Å². The first-order valence-corrected chi connectivity index (χ1v) is 6.59. The molecule has 0 radical (unpaired) electrons. The molecule has 1 heterocycles. The smallest absolute Gasteiger partial charge is 0.220 e. The molecule has 100 valence electrons. The van der Waals surface area contributed by atoms with Crippen LogP contribution in [0.25, 0.3) is 0 Å². The van der Waals surface area contributed by atoms with E-state index >= 15 is 0 Å². The van der Waals surface area contributed by atoms with Crippen LogP contribution >= 0.6 is 0 Å². The third-order valence-electron chi connectivity index (χ3n) is 3.13. The predicted molar refractivity (Wildman–Crippen MR) is 68.2 cm³/mol. The van der Waals surface area contributed by atoms with Gasteiger partial charge in [0.25, 0.3) is 0 Å². The highest BCUT2D eigenvalue weighted by Crippen LogP contribution is 2.18. The Labute approximate surface area is 111 Å². The van der Waals surface area contributed by atoms with Crippen LogP contribution in [0, 0.1) is 5.82 Å². The topological polar surface area (TPSA) is 51.0 Å². The summed E-state index contributed by atoms with van der Waals surface area (Å²) >= 11 is 0. The van der Waals surface area contributed by atoms with E-state index in [9.17, 15) is 4.39 Å². The van der Waals surface area contributed by atoms with E-state index in [2.05, 4.69) is 15.5 Å². The molecular formula is C14H16FN3O. The SMILES string of the molecule is Fc1ccc(Cc2nnc(CCNC3CC3)o2)cc1. The summed E-state index contributed by atoms with van der Waals surface area (Å²) in [6, 6.07) is 7.03. The zero-order chi connectivity index (χ0) is 13.1. The van der Waals surface area contributed by atoms with E-state index in [4.69, 9.17) is 4.42 Å². The molecule has 2 aromatic rings. The zero-order valence-electron chi connectivity index (χ0n) is 10.6. The van der Waals surface area contributed by atoms with E-state index in [0.29, 0.717) is 24.2 Å². The first kappa shape index (κ1) is 12.3. The minimum Gasteiger partial charge on any atom is -0.425 e. The summed E-state index contributed by atoms with van der Waals surface area (Å²) in [5, 5.41) is 11.4. The lowest BCUT2D eigenvalue weighted by molar-refractivity contribution is 0.451. The standard InChI is InChI=1S/C14H16FN3O/c15-11-3-1-10(2-4-11)9-14-18-17-13(19-14)7-8-16-12-5-6-12/h1-4,12,16H,5-9H2. The summed E-state index contributed by atoms with van der Waals surface area (Å²) in [4.78, 5) is 0. The molecule has 5 heteroatoms. The van der Waals surface area contributed by atoms with Crippen LogP contribution in [0.3, 0.4) is 0 Å². The van der Waals surface area contributed by atoms with E-state index in [-0.39, 0.29) is 5.82 Å². The van der Waals surface area contributed by atoms with Gasteiger partial charge >= 0.3 is 0 Å². The Hall–Kier alpha value is -1.75. The molecule has 1 aromatic carbocycles. The van der Waals surface area contributed by atoms with Crippen LogP contribution in [0.1, 0.15) is 30.2 Å². The summed E-state index contributed by atoms with van der Waals surface area (Å²) in [6.07, 6.45) is 3.86. The van der Waals surface area contributed by atoms with Gasteiger partial charge in [-0.1, -0.05) is 12.1 Å². The monoisotopic (exact) mass is 261 g/mol. The summed E-state index contributed by atoms with van der Waals surface area (Å²) < 4.78 is 18.3. The molecule has 1 saturated carbocycles. The van der Waals surface area contributed by atoms with Crippen LogP contribution in [-0.2, 0) is 12.8 Å². The molecule has 0 saturated heterocycles. The summed E-state index contributed by atoms with van der Waals surface area (Å²) in [6.45, 7) is 0.878. The van der Waals surface area contributed by atoms with Crippen LogP contribution in [0.5, 0.6) is 0 Å². The maximum absolute atomic E-state index is 12.8. The Balaban J connectivity index is 1.53. The molecule has 0 atom stereocenters. The molecular weight excluding hydrogens is 245 g/mol. The average molecular weight is 261 g/mol. The van der Waals surface area contributed by atoms with Crippen LogP contribution in [0.4, 0.5) is 4.39 Å². The quantitative estimate of drug-likeness (QED) is 0.865. The fraction of sp³-hybridized carbons (Fsp3) is 0.429. The maximum atomic E-state index is 12.8. The fourth-order valence-corrected chi connectivity index (χ4v) is 1.91. The Morgan fingerprint density at radius 1 is 1.16 bits per heavy atom. The number of hydrogen-bond donors (Lipinski definition) is 1. The van der Waals surface area contributed by atoms with Crippen molar-refractivity contribution >= 4 is 0 Å². The number of nitrogens with zero attached hydrogens (tertiary/aromatic N) is 2. The lowest BCUT2D eigenvalue weighted by Crippen LogP contribution is -2.19. The van der Waals surface area contributed by atoms with Crippen LogP contribution in [0.15, 0.2) is 28.7 Å². The molecule has 0 unspecified atom stereocenters. The van der Waals surface area contributed by atoms with Crippen molar-refractivity contribution in [3.63, 3.8) is 0 Å². The molecule has 0 amide bonds. The molecule has 0 spiro atoms. The summed E-state index contributed by atoms with van der Waals surface area (Å²) in [5.74, 6) is 0.999. The average Bonchev–Trinajstić information content (AvgIpc) is 3.12. The molecule has 1 fully saturated rings. The molecule has 1 aliphatic rings. The minimum absolute atomic E-state index is 0.235. The number of halogens is 1. The van der Waals surface area contributed by atoms with Gasteiger partial charge in [0.05, 0.1) is 6.42 Å².